The molecule has 0 spiro atoms. The standard InChI is InChI=1S/C30H38F2N6O7S/c1-5-12-45-30(40)38-27-8-10-37(46(41,42)23-16-20(31)15-21(32)17-23)19-25(27)28(35-38)34-29(39)24-7-6-22(44-14-11-36(2)3)18-26(24)33-9-13-43-4/h6-7,15-18,33H,5,8-14,19H2,1-4H3,(H,34,35,39). The summed E-state index contributed by atoms with van der Waals surface area (Å²) in [7, 11) is 1.04. The van der Waals surface area contributed by atoms with Gasteiger partial charge in [-0.1, -0.05) is 6.92 Å². The van der Waals surface area contributed by atoms with Crippen LogP contribution in [0.2, 0.25) is 0 Å². The molecule has 0 atom stereocenters. The SMILES string of the molecule is CCCOC(=O)n1nc(NC(=O)c2ccc(OCCN(C)C)cc2NCCOC)c2c1CCN(S(=O)(=O)c1cc(F)cc(F)c1)C2. The maximum atomic E-state index is 13.9. The van der Waals surface area contributed by atoms with E-state index in [4.69, 9.17) is 14.2 Å². The van der Waals surface area contributed by atoms with E-state index in [0.29, 0.717) is 55.9 Å². The van der Waals surface area contributed by atoms with Gasteiger partial charge in [0.25, 0.3) is 5.91 Å². The van der Waals surface area contributed by atoms with E-state index in [-0.39, 0.29) is 43.1 Å². The molecule has 0 aliphatic carbocycles. The van der Waals surface area contributed by atoms with E-state index in [1.807, 2.05) is 25.9 Å². The number of ether oxygens (including phenoxy) is 3. The van der Waals surface area contributed by atoms with Crippen LogP contribution in [0.1, 0.15) is 35.0 Å². The molecule has 4 rings (SSSR count). The number of fused-ring (bicyclic) bond motifs is 1. The van der Waals surface area contributed by atoms with E-state index in [0.717, 1.165) is 21.1 Å². The van der Waals surface area contributed by atoms with Gasteiger partial charge in [0.2, 0.25) is 10.0 Å². The highest BCUT2D eigenvalue weighted by atomic mass is 32.2. The van der Waals surface area contributed by atoms with Crippen LogP contribution in [0.25, 0.3) is 0 Å². The monoisotopic (exact) mass is 664 g/mol. The van der Waals surface area contributed by atoms with Gasteiger partial charge in [-0.15, -0.1) is 5.10 Å². The molecule has 1 aliphatic heterocycles. The number of amides is 1. The smallest absolute Gasteiger partial charge is 0.435 e. The van der Waals surface area contributed by atoms with Crippen molar-refractivity contribution in [3.8, 4) is 5.75 Å². The summed E-state index contributed by atoms with van der Waals surface area (Å²) < 4.78 is 72.9. The third-order valence-corrected chi connectivity index (χ3v) is 8.82. The van der Waals surface area contributed by atoms with Crippen molar-refractivity contribution in [2.45, 2.75) is 31.2 Å². The Morgan fingerprint density at radius 3 is 2.48 bits per heavy atom. The van der Waals surface area contributed by atoms with E-state index in [9.17, 15) is 26.8 Å². The summed E-state index contributed by atoms with van der Waals surface area (Å²) in [5.41, 5.74) is 1.26. The van der Waals surface area contributed by atoms with Gasteiger partial charge in [0.15, 0.2) is 5.82 Å². The van der Waals surface area contributed by atoms with Gasteiger partial charge in [-0.3, -0.25) is 4.79 Å². The lowest BCUT2D eigenvalue weighted by atomic mass is 10.1. The predicted molar refractivity (Wildman–Crippen MR) is 166 cm³/mol. The first kappa shape index (κ1) is 34.7. The second-order valence-electron chi connectivity index (χ2n) is 10.7. The number of methoxy groups -OCH3 is 1. The van der Waals surface area contributed by atoms with Crippen LogP contribution in [0.3, 0.4) is 0 Å². The van der Waals surface area contributed by atoms with Crippen molar-refractivity contribution in [2.24, 2.45) is 0 Å². The van der Waals surface area contributed by atoms with Crippen LogP contribution in [0.4, 0.5) is 25.1 Å². The van der Waals surface area contributed by atoms with Gasteiger partial charge < -0.3 is 29.7 Å². The lowest BCUT2D eigenvalue weighted by Gasteiger charge is -2.27. The van der Waals surface area contributed by atoms with Crippen molar-refractivity contribution < 1.29 is 41.0 Å². The maximum absolute atomic E-state index is 13.9. The fraction of sp³-hybridized carbons (Fsp3) is 0.433. The quantitative estimate of drug-likeness (QED) is 0.246. The number of halogens is 2. The average Bonchev–Trinajstić information content (AvgIpc) is 3.37. The number of likely N-dealkylation sites (N-methyl/N-ethyl adjacent to an activating group) is 1. The maximum Gasteiger partial charge on any atom is 0.435 e. The van der Waals surface area contributed by atoms with Crippen LogP contribution >= 0.6 is 0 Å². The van der Waals surface area contributed by atoms with Crippen LogP contribution in [-0.2, 0) is 32.5 Å². The van der Waals surface area contributed by atoms with Crippen LogP contribution in [0.15, 0.2) is 41.3 Å². The highest BCUT2D eigenvalue weighted by molar-refractivity contribution is 7.89. The lowest BCUT2D eigenvalue weighted by molar-refractivity contribution is 0.102. The Balaban J connectivity index is 1.67. The third-order valence-electron chi connectivity index (χ3n) is 7.00. The highest BCUT2D eigenvalue weighted by Crippen LogP contribution is 2.32. The number of benzene rings is 2. The molecule has 2 aromatic carbocycles. The Morgan fingerprint density at radius 2 is 1.80 bits per heavy atom. The Labute approximate surface area is 266 Å². The first-order valence-electron chi connectivity index (χ1n) is 14.6. The molecule has 1 aromatic heterocycles. The number of aromatic nitrogens is 2. The molecule has 0 unspecified atom stereocenters. The fourth-order valence-corrected chi connectivity index (χ4v) is 6.15. The molecule has 3 aromatic rings. The molecule has 0 fully saturated rings. The lowest BCUT2D eigenvalue weighted by Crippen LogP contribution is -2.37. The molecule has 16 heteroatoms. The number of hydrogen-bond acceptors (Lipinski definition) is 10. The second-order valence-corrected chi connectivity index (χ2v) is 12.7. The molecule has 13 nitrogen and oxygen atoms in total. The summed E-state index contributed by atoms with van der Waals surface area (Å²) in [6, 6.07) is 6.94. The summed E-state index contributed by atoms with van der Waals surface area (Å²) in [6.45, 7) is 3.37. The molecule has 250 valence electrons. The molecule has 2 N–H and O–H groups in total. The number of nitrogens with zero attached hydrogens (tertiary/aromatic N) is 4. The molecular formula is C30H38F2N6O7S. The number of sulfonamides is 1. The number of hydrogen-bond donors (Lipinski definition) is 2. The molecular weight excluding hydrogens is 626 g/mol. The largest absolute Gasteiger partial charge is 0.492 e. The molecule has 0 saturated carbocycles. The zero-order chi connectivity index (χ0) is 33.4. The van der Waals surface area contributed by atoms with Crippen molar-refractivity contribution in [1.82, 2.24) is 19.0 Å². The Bertz CT molecular complexity index is 1650. The van der Waals surface area contributed by atoms with E-state index in [2.05, 4.69) is 15.7 Å². The zero-order valence-electron chi connectivity index (χ0n) is 26.1. The van der Waals surface area contributed by atoms with Gasteiger partial charge in [-0.2, -0.15) is 8.99 Å². The van der Waals surface area contributed by atoms with Gasteiger partial charge >= 0.3 is 6.09 Å². The van der Waals surface area contributed by atoms with Crippen molar-refractivity contribution in [3.63, 3.8) is 0 Å². The minimum absolute atomic E-state index is 0.0132. The summed E-state index contributed by atoms with van der Waals surface area (Å²) in [5.74, 6) is -2.21. The van der Waals surface area contributed by atoms with E-state index >= 15 is 0 Å². The van der Waals surface area contributed by atoms with Gasteiger partial charge in [0, 0.05) is 57.4 Å². The van der Waals surface area contributed by atoms with Gasteiger partial charge in [-0.25, -0.2) is 22.0 Å². The summed E-state index contributed by atoms with van der Waals surface area (Å²) >= 11 is 0. The number of carbonyl (C=O) groups is 2. The summed E-state index contributed by atoms with van der Waals surface area (Å²) in [6.07, 6.45) is -0.217. The van der Waals surface area contributed by atoms with Gasteiger partial charge in [-0.05, 0) is 44.8 Å². The van der Waals surface area contributed by atoms with Gasteiger partial charge in [0.05, 0.1) is 35.1 Å². The number of rotatable bonds is 14. The third kappa shape index (κ3) is 8.37. The van der Waals surface area contributed by atoms with Gasteiger partial charge in [0.1, 0.15) is 24.0 Å². The highest BCUT2D eigenvalue weighted by Gasteiger charge is 2.35. The first-order chi connectivity index (χ1) is 21.9. The van der Waals surface area contributed by atoms with Crippen molar-refractivity contribution in [1.29, 1.82) is 0 Å². The number of carbonyl (C=O) groups excluding carboxylic acids is 2. The molecule has 2 heterocycles. The van der Waals surface area contributed by atoms with Crippen LogP contribution in [0, 0.1) is 11.6 Å². The van der Waals surface area contributed by atoms with Crippen molar-refractivity contribution in [3.05, 3.63) is 64.9 Å². The van der Waals surface area contributed by atoms with E-state index in [1.165, 1.54) is 0 Å². The Morgan fingerprint density at radius 1 is 1.07 bits per heavy atom. The Kier molecular flexibility index (Phi) is 11.7. The average molecular weight is 665 g/mol. The minimum Gasteiger partial charge on any atom is -0.492 e. The Hall–Kier alpha value is -4.12. The molecule has 0 bridgehead atoms. The molecule has 1 aliphatic rings. The van der Waals surface area contributed by atoms with E-state index in [1.54, 1.807) is 25.3 Å². The van der Waals surface area contributed by atoms with Crippen LogP contribution < -0.4 is 15.4 Å². The minimum atomic E-state index is -4.36. The van der Waals surface area contributed by atoms with Crippen molar-refractivity contribution >= 4 is 33.5 Å². The predicted octanol–water partition coefficient (Wildman–Crippen LogP) is 3.55. The second kappa shape index (κ2) is 15.4. The number of nitrogens with one attached hydrogen (secondary N) is 2. The first-order valence-corrected chi connectivity index (χ1v) is 16.1. The van der Waals surface area contributed by atoms with Crippen molar-refractivity contribution in [2.75, 3.05) is 71.3 Å². The molecule has 1 amide bonds. The zero-order valence-corrected chi connectivity index (χ0v) is 27.0. The molecule has 46 heavy (non-hydrogen) atoms. The topological polar surface area (TPSA) is 144 Å². The molecule has 0 saturated heterocycles. The fourth-order valence-electron chi connectivity index (χ4n) is 4.69. The normalized spacial score (nSPS) is 13.4. The molecule has 0 radical (unpaired) electrons. The summed E-state index contributed by atoms with van der Waals surface area (Å²) in [5, 5.41) is 10.2. The van der Waals surface area contributed by atoms with E-state index < -0.39 is 38.6 Å². The van der Waals surface area contributed by atoms with Crippen LogP contribution in [0.5, 0.6) is 5.75 Å². The number of anilines is 2. The summed E-state index contributed by atoms with van der Waals surface area (Å²) in [4.78, 5) is 28.0. The van der Waals surface area contributed by atoms with Crippen LogP contribution in [-0.4, -0.2) is 100 Å².